The van der Waals surface area contributed by atoms with Gasteiger partial charge in [0.05, 0.1) is 17.6 Å². The largest absolute Gasteiger partial charge is 0.452 e. The second-order valence-corrected chi connectivity index (χ2v) is 5.08. The maximum atomic E-state index is 11.9. The number of hydrogen-bond acceptors (Lipinski definition) is 4. The van der Waals surface area contributed by atoms with Crippen LogP contribution in [-0.2, 0) is 14.3 Å². The average Bonchev–Trinajstić information content (AvgIpc) is 3.16. The van der Waals surface area contributed by atoms with Crippen LogP contribution in [0.3, 0.4) is 0 Å². The smallest absolute Gasteiger partial charge is 0.309 e. The van der Waals surface area contributed by atoms with E-state index in [0.717, 1.165) is 6.42 Å². The van der Waals surface area contributed by atoms with Gasteiger partial charge in [-0.05, 0) is 43.5 Å². The normalized spacial score (nSPS) is 21.4. The van der Waals surface area contributed by atoms with Crippen molar-refractivity contribution in [2.75, 3.05) is 5.32 Å². The minimum atomic E-state index is -0.828. The van der Waals surface area contributed by atoms with E-state index >= 15 is 0 Å². The Hall–Kier alpha value is -2.35. The van der Waals surface area contributed by atoms with Crippen LogP contribution in [-0.4, -0.2) is 18.0 Å². The van der Waals surface area contributed by atoms with Crippen LogP contribution < -0.4 is 5.32 Å². The SMILES string of the molecule is C[C@H](OC(=O)[C@H]1C[C@@H]1C)C(=O)Nc1ccc(C#N)cc1. The van der Waals surface area contributed by atoms with Crippen molar-refractivity contribution in [3.63, 3.8) is 0 Å². The predicted molar refractivity (Wildman–Crippen MR) is 72.6 cm³/mol. The number of esters is 1. The van der Waals surface area contributed by atoms with E-state index in [1.807, 2.05) is 13.0 Å². The van der Waals surface area contributed by atoms with Gasteiger partial charge in [0.1, 0.15) is 0 Å². The molecular formula is C15H16N2O3. The molecule has 1 aliphatic carbocycles. The lowest BCUT2D eigenvalue weighted by molar-refractivity contribution is -0.154. The van der Waals surface area contributed by atoms with Crippen molar-refractivity contribution in [1.29, 1.82) is 5.26 Å². The molecule has 1 saturated carbocycles. The first-order chi connectivity index (χ1) is 9.51. The summed E-state index contributed by atoms with van der Waals surface area (Å²) in [5.74, 6) is -0.382. The van der Waals surface area contributed by atoms with Crippen LogP contribution >= 0.6 is 0 Å². The summed E-state index contributed by atoms with van der Waals surface area (Å²) in [5, 5.41) is 11.3. The summed E-state index contributed by atoms with van der Waals surface area (Å²) in [6.45, 7) is 3.53. The summed E-state index contributed by atoms with van der Waals surface area (Å²) in [4.78, 5) is 23.5. The van der Waals surface area contributed by atoms with Gasteiger partial charge in [0.2, 0.25) is 0 Å². The number of nitriles is 1. The molecule has 20 heavy (non-hydrogen) atoms. The second-order valence-electron chi connectivity index (χ2n) is 5.08. The van der Waals surface area contributed by atoms with Crippen molar-refractivity contribution < 1.29 is 14.3 Å². The van der Waals surface area contributed by atoms with Crippen molar-refractivity contribution in [3.8, 4) is 6.07 Å². The number of benzene rings is 1. The highest BCUT2D eigenvalue weighted by Gasteiger charge is 2.41. The zero-order valence-corrected chi connectivity index (χ0v) is 11.4. The lowest BCUT2D eigenvalue weighted by atomic mass is 10.2. The van der Waals surface area contributed by atoms with E-state index in [1.54, 1.807) is 31.2 Å². The number of nitrogens with one attached hydrogen (secondary N) is 1. The molecule has 0 unspecified atom stereocenters. The summed E-state index contributed by atoms with van der Waals surface area (Å²) in [6, 6.07) is 8.48. The highest BCUT2D eigenvalue weighted by Crippen LogP contribution is 2.38. The molecular weight excluding hydrogens is 256 g/mol. The first kappa shape index (κ1) is 14.1. The molecule has 1 N–H and O–H groups in total. The lowest BCUT2D eigenvalue weighted by Crippen LogP contribution is -2.30. The van der Waals surface area contributed by atoms with Crippen LogP contribution in [0.1, 0.15) is 25.8 Å². The van der Waals surface area contributed by atoms with E-state index < -0.39 is 6.10 Å². The molecule has 104 valence electrons. The Morgan fingerprint density at radius 1 is 1.40 bits per heavy atom. The third-order valence-electron chi connectivity index (χ3n) is 3.36. The third-order valence-corrected chi connectivity index (χ3v) is 3.36. The topological polar surface area (TPSA) is 79.2 Å². The summed E-state index contributed by atoms with van der Waals surface area (Å²) in [5.41, 5.74) is 1.09. The van der Waals surface area contributed by atoms with Crippen molar-refractivity contribution in [2.45, 2.75) is 26.4 Å². The third kappa shape index (κ3) is 3.35. The summed E-state index contributed by atoms with van der Waals surface area (Å²) in [7, 11) is 0. The minimum absolute atomic E-state index is 0.0554. The monoisotopic (exact) mass is 272 g/mol. The fourth-order valence-corrected chi connectivity index (χ4v) is 1.84. The molecule has 2 rings (SSSR count). The molecule has 0 heterocycles. The Kier molecular flexibility index (Phi) is 4.04. The standard InChI is InChI=1S/C15H16N2O3/c1-9-7-13(9)15(19)20-10(2)14(18)17-12-5-3-11(8-16)4-6-12/h3-6,9-10,13H,7H2,1-2H3,(H,17,18)/t9-,10-,13-/m0/s1. The van der Waals surface area contributed by atoms with Gasteiger partial charge in [0.15, 0.2) is 6.10 Å². The Labute approximate surface area is 117 Å². The molecule has 0 bridgehead atoms. The highest BCUT2D eigenvalue weighted by molar-refractivity contribution is 5.95. The molecule has 0 aliphatic heterocycles. The first-order valence-electron chi connectivity index (χ1n) is 6.52. The van der Waals surface area contributed by atoms with Crippen molar-refractivity contribution >= 4 is 17.6 Å². The van der Waals surface area contributed by atoms with Crippen molar-refractivity contribution in [3.05, 3.63) is 29.8 Å². The van der Waals surface area contributed by atoms with Gasteiger partial charge in [0, 0.05) is 5.69 Å². The van der Waals surface area contributed by atoms with Crippen LogP contribution in [0, 0.1) is 23.2 Å². The van der Waals surface area contributed by atoms with Crippen LogP contribution in [0.5, 0.6) is 0 Å². The van der Waals surface area contributed by atoms with E-state index in [2.05, 4.69) is 5.32 Å². The van der Waals surface area contributed by atoms with Gasteiger partial charge >= 0.3 is 5.97 Å². The van der Waals surface area contributed by atoms with E-state index in [1.165, 1.54) is 0 Å². The number of carbonyl (C=O) groups excluding carboxylic acids is 2. The van der Waals surface area contributed by atoms with Gasteiger partial charge in [-0.15, -0.1) is 0 Å². The first-order valence-corrected chi connectivity index (χ1v) is 6.52. The van der Waals surface area contributed by atoms with Gasteiger partial charge in [0.25, 0.3) is 5.91 Å². The fourth-order valence-electron chi connectivity index (χ4n) is 1.84. The molecule has 1 aromatic carbocycles. The number of rotatable bonds is 4. The highest BCUT2D eigenvalue weighted by atomic mass is 16.5. The molecule has 1 amide bonds. The van der Waals surface area contributed by atoms with Crippen LogP contribution in [0.25, 0.3) is 0 Å². The zero-order chi connectivity index (χ0) is 14.7. The molecule has 5 heteroatoms. The van der Waals surface area contributed by atoms with Crippen LogP contribution in [0.4, 0.5) is 5.69 Å². The van der Waals surface area contributed by atoms with E-state index in [4.69, 9.17) is 10.00 Å². The number of nitrogens with zero attached hydrogens (tertiary/aromatic N) is 1. The minimum Gasteiger partial charge on any atom is -0.452 e. The van der Waals surface area contributed by atoms with Crippen LogP contribution in [0.15, 0.2) is 24.3 Å². The Morgan fingerprint density at radius 3 is 2.50 bits per heavy atom. The Balaban J connectivity index is 1.87. The van der Waals surface area contributed by atoms with E-state index in [-0.39, 0.29) is 17.8 Å². The molecule has 1 aromatic rings. The van der Waals surface area contributed by atoms with E-state index in [9.17, 15) is 9.59 Å². The maximum absolute atomic E-state index is 11.9. The fraction of sp³-hybridized carbons (Fsp3) is 0.400. The van der Waals surface area contributed by atoms with Gasteiger partial charge < -0.3 is 10.1 Å². The summed E-state index contributed by atoms with van der Waals surface area (Å²) >= 11 is 0. The number of anilines is 1. The molecule has 0 aromatic heterocycles. The average molecular weight is 272 g/mol. The zero-order valence-electron chi connectivity index (χ0n) is 11.4. The number of hydrogen-bond donors (Lipinski definition) is 1. The number of amides is 1. The summed E-state index contributed by atoms with van der Waals surface area (Å²) < 4.78 is 5.12. The molecule has 3 atom stereocenters. The van der Waals surface area contributed by atoms with Crippen molar-refractivity contribution in [2.24, 2.45) is 11.8 Å². The Bertz CT molecular complexity index is 559. The maximum Gasteiger partial charge on any atom is 0.309 e. The van der Waals surface area contributed by atoms with E-state index in [0.29, 0.717) is 17.2 Å². The molecule has 0 radical (unpaired) electrons. The lowest BCUT2D eigenvalue weighted by Gasteiger charge is -2.13. The van der Waals surface area contributed by atoms with Gasteiger partial charge in [-0.25, -0.2) is 0 Å². The van der Waals surface area contributed by atoms with Gasteiger partial charge in [-0.2, -0.15) is 5.26 Å². The Morgan fingerprint density at radius 2 is 2.00 bits per heavy atom. The predicted octanol–water partition coefficient (Wildman–Crippen LogP) is 2.08. The molecule has 0 saturated heterocycles. The van der Waals surface area contributed by atoms with Gasteiger partial charge in [-0.1, -0.05) is 6.92 Å². The second kappa shape index (κ2) is 5.74. The molecule has 5 nitrogen and oxygen atoms in total. The van der Waals surface area contributed by atoms with Crippen LogP contribution in [0.2, 0.25) is 0 Å². The molecule has 0 spiro atoms. The number of carbonyl (C=O) groups is 2. The quantitative estimate of drug-likeness (QED) is 0.851. The summed E-state index contributed by atoms with van der Waals surface area (Å²) in [6.07, 6.45) is 0.00828. The van der Waals surface area contributed by atoms with Crippen molar-refractivity contribution in [1.82, 2.24) is 0 Å². The number of ether oxygens (including phenoxy) is 1. The molecule has 1 fully saturated rings. The van der Waals surface area contributed by atoms with Gasteiger partial charge in [-0.3, -0.25) is 9.59 Å². The molecule has 1 aliphatic rings.